The highest BCUT2D eigenvalue weighted by molar-refractivity contribution is 5.23. The van der Waals surface area contributed by atoms with Gasteiger partial charge < -0.3 is 0 Å². The lowest BCUT2D eigenvalue weighted by Gasteiger charge is -2.44. The third-order valence-electron chi connectivity index (χ3n) is 3.79. The molecule has 1 aliphatic carbocycles. The van der Waals surface area contributed by atoms with Crippen molar-refractivity contribution in [1.29, 1.82) is 5.26 Å². The van der Waals surface area contributed by atoms with Gasteiger partial charge in [-0.3, -0.25) is 5.32 Å². The molecule has 0 aliphatic heterocycles. The maximum Gasteiger partial charge on any atom is 0.109 e. The van der Waals surface area contributed by atoms with E-state index in [1.807, 2.05) is 18.2 Å². The highest BCUT2D eigenvalue weighted by Gasteiger charge is 2.45. The van der Waals surface area contributed by atoms with E-state index in [1.54, 1.807) is 0 Å². The highest BCUT2D eigenvalue weighted by atomic mass is 15.0. The van der Waals surface area contributed by atoms with Crippen LogP contribution in [0, 0.1) is 17.2 Å². The predicted octanol–water partition coefficient (Wildman–Crippen LogP) is 3.03. The van der Waals surface area contributed by atoms with Gasteiger partial charge in [0.1, 0.15) is 5.54 Å². The molecule has 0 radical (unpaired) electrons. The van der Waals surface area contributed by atoms with Crippen LogP contribution in [0.4, 0.5) is 0 Å². The van der Waals surface area contributed by atoms with Gasteiger partial charge in [-0.05, 0) is 31.2 Å². The molecule has 2 nitrogen and oxygen atoms in total. The van der Waals surface area contributed by atoms with Gasteiger partial charge in [0.25, 0.3) is 0 Å². The van der Waals surface area contributed by atoms with E-state index < -0.39 is 0 Å². The fourth-order valence-corrected chi connectivity index (χ4v) is 2.35. The second-order valence-corrected chi connectivity index (χ2v) is 4.80. The Bertz CT molecular complexity index is 393. The van der Waals surface area contributed by atoms with Crippen LogP contribution in [-0.2, 0) is 0 Å². The summed E-state index contributed by atoms with van der Waals surface area (Å²) in [6.45, 7) is 4.27. The van der Waals surface area contributed by atoms with Crippen molar-refractivity contribution >= 4 is 0 Å². The Morgan fingerprint density at radius 2 is 2.12 bits per heavy atom. The van der Waals surface area contributed by atoms with Crippen molar-refractivity contribution < 1.29 is 0 Å². The zero-order valence-electron chi connectivity index (χ0n) is 9.90. The Labute approximate surface area is 97.3 Å². The topological polar surface area (TPSA) is 35.8 Å². The summed E-state index contributed by atoms with van der Waals surface area (Å²) in [7, 11) is 0. The van der Waals surface area contributed by atoms with Crippen molar-refractivity contribution in [3.8, 4) is 6.07 Å². The zero-order valence-corrected chi connectivity index (χ0v) is 9.90. The van der Waals surface area contributed by atoms with Crippen LogP contribution in [0.1, 0.15) is 38.3 Å². The van der Waals surface area contributed by atoms with Crippen molar-refractivity contribution in [2.75, 3.05) is 0 Å². The van der Waals surface area contributed by atoms with Crippen molar-refractivity contribution in [2.45, 2.75) is 38.3 Å². The summed E-state index contributed by atoms with van der Waals surface area (Å²) in [5, 5.41) is 12.8. The molecular formula is C14H18N2. The highest BCUT2D eigenvalue weighted by Crippen LogP contribution is 2.39. The van der Waals surface area contributed by atoms with Crippen LogP contribution in [0.2, 0.25) is 0 Å². The first-order valence-corrected chi connectivity index (χ1v) is 5.92. The fourth-order valence-electron chi connectivity index (χ4n) is 2.35. The van der Waals surface area contributed by atoms with E-state index in [4.69, 9.17) is 0 Å². The molecule has 0 aromatic heterocycles. The molecule has 2 heteroatoms. The van der Waals surface area contributed by atoms with Crippen LogP contribution in [0.15, 0.2) is 30.3 Å². The summed E-state index contributed by atoms with van der Waals surface area (Å²) in [5.41, 5.74) is 0.950. The van der Waals surface area contributed by atoms with Gasteiger partial charge in [-0.15, -0.1) is 0 Å². The Balaban J connectivity index is 2.08. The minimum absolute atomic E-state index is 0.239. The van der Waals surface area contributed by atoms with E-state index in [2.05, 4.69) is 37.4 Å². The molecule has 1 N–H and O–H groups in total. The lowest BCUT2D eigenvalue weighted by molar-refractivity contribution is 0.142. The van der Waals surface area contributed by atoms with Crippen molar-refractivity contribution in [2.24, 2.45) is 5.92 Å². The normalized spacial score (nSPS) is 30.2. The number of nitrogens with zero attached hydrogens (tertiary/aromatic N) is 1. The zero-order chi connectivity index (χ0) is 11.6. The van der Waals surface area contributed by atoms with Gasteiger partial charge >= 0.3 is 0 Å². The summed E-state index contributed by atoms with van der Waals surface area (Å²) in [6.07, 6.45) is 2.13. The number of hydrogen-bond acceptors (Lipinski definition) is 2. The SMILES string of the molecule is CC1CCC1(C#N)N[C@@H](C)c1ccccc1. The molecule has 0 bridgehead atoms. The molecule has 0 saturated heterocycles. The van der Waals surface area contributed by atoms with E-state index in [9.17, 15) is 5.26 Å². The number of benzene rings is 1. The molecule has 84 valence electrons. The molecule has 0 spiro atoms. The number of nitrogens with one attached hydrogen (secondary N) is 1. The van der Waals surface area contributed by atoms with Crippen molar-refractivity contribution in [3.63, 3.8) is 0 Å². The molecule has 16 heavy (non-hydrogen) atoms. The lowest BCUT2D eigenvalue weighted by atomic mass is 9.68. The summed E-state index contributed by atoms with van der Waals surface area (Å²) in [6, 6.07) is 13.0. The first-order chi connectivity index (χ1) is 7.68. The van der Waals surface area contributed by atoms with Gasteiger partial charge in [-0.1, -0.05) is 37.3 Å². The van der Waals surface area contributed by atoms with Gasteiger partial charge in [0.15, 0.2) is 0 Å². The molecule has 1 aliphatic rings. The molecule has 0 amide bonds. The molecule has 1 aromatic carbocycles. The Morgan fingerprint density at radius 3 is 2.56 bits per heavy atom. The second kappa shape index (κ2) is 4.27. The van der Waals surface area contributed by atoms with Crippen LogP contribution in [0.3, 0.4) is 0 Å². The summed E-state index contributed by atoms with van der Waals surface area (Å²) in [4.78, 5) is 0. The van der Waals surface area contributed by atoms with E-state index >= 15 is 0 Å². The van der Waals surface area contributed by atoms with E-state index in [0.29, 0.717) is 5.92 Å². The molecule has 1 aromatic rings. The average Bonchev–Trinajstić information content (AvgIpc) is 2.34. The van der Waals surface area contributed by atoms with Gasteiger partial charge in [0.2, 0.25) is 0 Å². The standard InChI is InChI=1S/C14H18N2/c1-11-8-9-14(11,10-15)16-12(2)13-6-4-3-5-7-13/h3-7,11-12,16H,8-9H2,1-2H3/t11?,12-,14?/m0/s1. The maximum atomic E-state index is 9.29. The second-order valence-electron chi connectivity index (χ2n) is 4.80. The van der Waals surface area contributed by atoms with Gasteiger partial charge in [-0.25, -0.2) is 0 Å². The molecule has 3 atom stereocenters. The van der Waals surface area contributed by atoms with E-state index in [0.717, 1.165) is 12.8 Å². The first kappa shape index (κ1) is 11.2. The Morgan fingerprint density at radius 1 is 1.44 bits per heavy atom. The quantitative estimate of drug-likeness (QED) is 0.839. The monoisotopic (exact) mass is 214 g/mol. The third-order valence-corrected chi connectivity index (χ3v) is 3.79. The summed E-state index contributed by atoms with van der Waals surface area (Å²) < 4.78 is 0. The first-order valence-electron chi connectivity index (χ1n) is 5.92. The predicted molar refractivity (Wildman–Crippen MR) is 64.7 cm³/mol. The molecule has 0 heterocycles. The largest absolute Gasteiger partial charge is 0.293 e. The van der Waals surface area contributed by atoms with E-state index in [-0.39, 0.29) is 11.6 Å². The lowest BCUT2D eigenvalue weighted by Crippen LogP contribution is -2.56. The van der Waals surface area contributed by atoms with Crippen molar-refractivity contribution in [1.82, 2.24) is 5.32 Å². The van der Waals surface area contributed by atoms with Crippen LogP contribution < -0.4 is 5.32 Å². The third kappa shape index (κ3) is 1.83. The van der Waals surface area contributed by atoms with Gasteiger partial charge in [0, 0.05) is 6.04 Å². The number of rotatable bonds is 3. The van der Waals surface area contributed by atoms with Crippen LogP contribution in [0.25, 0.3) is 0 Å². The summed E-state index contributed by atoms with van der Waals surface area (Å²) >= 11 is 0. The molecule has 2 unspecified atom stereocenters. The minimum Gasteiger partial charge on any atom is -0.293 e. The molecular weight excluding hydrogens is 196 g/mol. The fraction of sp³-hybridized carbons (Fsp3) is 0.500. The molecule has 1 fully saturated rings. The summed E-state index contributed by atoms with van der Waals surface area (Å²) in [5.74, 6) is 0.462. The molecule has 2 rings (SSSR count). The Kier molecular flexibility index (Phi) is 2.98. The van der Waals surface area contributed by atoms with Crippen molar-refractivity contribution in [3.05, 3.63) is 35.9 Å². The van der Waals surface area contributed by atoms with Crippen LogP contribution in [0.5, 0.6) is 0 Å². The minimum atomic E-state index is -0.296. The van der Waals surface area contributed by atoms with Crippen LogP contribution >= 0.6 is 0 Å². The number of nitriles is 1. The smallest absolute Gasteiger partial charge is 0.109 e. The van der Waals surface area contributed by atoms with Gasteiger partial charge in [0.05, 0.1) is 6.07 Å². The maximum absolute atomic E-state index is 9.29. The van der Waals surface area contributed by atoms with Gasteiger partial charge in [-0.2, -0.15) is 5.26 Å². The Hall–Kier alpha value is -1.33. The van der Waals surface area contributed by atoms with E-state index in [1.165, 1.54) is 5.56 Å². The average molecular weight is 214 g/mol. The number of hydrogen-bond donors (Lipinski definition) is 1. The van der Waals surface area contributed by atoms with Crippen LogP contribution in [-0.4, -0.2) is 5.54 Å². The molecule has 1 saturated carbocycles.